The van der Waals surface area contributed by atoms with Crippen LogP contribution in [0, 0.1) is 51.4 Å². The van der Waals surface area contributed by atoms with Crippen LogP contribution in [0.2, 0.25) is 0 Å². The summed E-state index contributed by atoms with van der Waals surface area (Å²) in [6.45, 7) is 11.6. The molecule has 268 valence electrons. The van der Waals surface area contributed by atoms with Crippen LogP contribution in [-0.4, -0.2) is 13.0 Å². The fraction of sp³-hybridized carbons (Fsp3) is 0.255. The van der Waals surface area contributed by atoms with Gasteiger partial charge in [0, 0.05) is 50.0 Å². The summed E-state index contributed by atoms with van der Waals surface area (Å²) in [7, 11) is 0. The molecule has 5 unspecified atom stereocenters. The molecule has 0 bridgehead atoms. The molecule has 0 saturated heterocycles. The van der Waals surface area contributed by atoms with E-state index >= 15 is 0 Å². The van der Waals surface area contributed by atoms with Gasteiger partial charge in [0.05, 0.1) is 0 Å². The predicted octanol–water partition coefficient (Wildman–Crippen LogP) is 11.2. The van der Waals surface area contributed by atoms with Crippen LogP contribution in [0.1, 0.15) is 53.1 Å². The molecule has 12 rings (SSSR count). The first-order valence-electron chi connectivity index (χ1n) is 20.3. The minimum Gasteiger partial charge on any atom is -0.311 e. The molecule has 6 aromatic rings. The molecule has 4 heteroatoms. The van der Waals surface area contributed by atoms with Gasteiger partial charge in [-0.2, -0.15) is 0 Å². The van der Waals surface area contributed by atoms with Gasteiger partial charge in [0.15, 0.2) is 0 Å². The van der Waals surface area contributed by atoms with Gasteiger partial charge in [-0.1, -0.05) is 96.4 Å². The lowest BCUT2D eigenvalue weighted by Crippen LogP contribution is -2.65. The van der Waals surface area contributed by atoms with Crippen molar-refractivity contribution in [3.8, 4) is 11.1 Å². The highest BCUT2D eigenvalue weighted by Crippen LogP contribution is 2.77. The number of allylic oxidation sites excluding steroid dienone is 2. The molecule has 5 atom stereocenters. The number of hydrogen-bond donors (Lipinski definition) is 0. The Morgan fingerprint density at radius 3 is 2.09 bits per heavy atom. The zero-order chi connectivity index (χ0) is 37.1. The molecular formula is C51H45BN2S. The first-order valence-corrected chi connectivity index (χ1v) is 21.6. The van der Waals surface area contributed by atoms with Crippen molar-refractivity contribution < 1.29 is 0 Å². The van der Waals surface area contributed by atoms with Crippen molar-refractivity contribution in [1.82, 2.24) is 0 Å². The Bertz CT molecular complexity index is 2690. The molecule has 0 aromatic heterocycles. The van der Waals surface area contributed by atoms with Crippen LogP contribution < -0.4 is 26.2 Å². The Morgan fingerprint density at radius 1 is 0.691 bits per heavy atom. The number of hydrogen-bond acceptors (Lipinski definition) is 3. The minimum atomic E-state index is -0.0176. The summed E-state index contributed by atoms with van der Waals surface area (Å²) in [6.07, 6.45) is 7.66. The van der Waals surface area contributed by atoms with Gasteiger partial charge in [-0.25, -0.2) is 0 Å². The number of aryl methyl sites for hydroxylation is 4. The van der Waals surface area contributed by atoms with E-state index < -0.39 is 0 Å². The van der Waals surface area contributed by atoms with Crippen LogP contribution in [0.5, 0.6) is 0 Å². The molecule has 6 aromatic carbocycles. The quantitative estimate of drug-likeness (QED) is 0.102. The number of nitrogens with zero attached hydrogens (tertiary/aromatic N) is 2. The summed E-state index contributed by atoms with van der Waals surface area (Å²) in [5, 5.41) is 0. The third-order valence-electron chi connectivity index (χ3n) is 14.5. The van der Waals surface area contributed by atoms with E-state index in [1.807, 2.05) is 11.8 Å². The summed E-state index contributed by atoms with van der Waals surface area (Å²) < 4.78 is 0. The van der Waals surface area contributed by atoms with Gasteiger partial charge in [-0.15, -0.1) is 11.8 Å². The highest BCUT2D eigenvalue weighted by molar-refractivity contribution is 7.98. The molecule has 2 fully saturated rings. The second kappa shape index (κ2) is 11.1. The molecule has 6 aliphatic rings. The Labute approximate surface area is 330 Å². The van der Waals surface area contributed by atoms with Crippen molar-refractivity contribution in [1.29, 1.82) is 0 Å². The lowest BCUT2D eigenvalue weighted by molar-refractivity contribution is -0.0423. The number of rotatable bonds is 3. The maximum atomic E-state index is 2.71. The maximum absolute atomic E-state index is 2.71. The first kappa shape index (κ1) is 32.3. The molecule has 0 radical (unpaired) electrons. The molecule has 0 N–H and O–H groups in total. The van der Waals surface area contributed by atoms with Gasteiger partial charge < -0.3 is 9.80 Å². The number of fused-ring (bicyclic) bond motifs is 12. The van der Waals surface area contributed by atoms with E-state index in [1.54, 1.807) is 16.7 Å². The largest absolute Gasteiger partial charge is 0.311 e. The van der Waals surface area contributed by atoms with Crippen molar-refractivity contribution in [2.24, 2.45) is 23.7 Å². The van der Waals surface area contributed by atoms with E-state index in [0.29, 0.717) is 11.8 Å². The normalized spacial score (nSPS) is 24.2. The SMILES string of the molecule is CSc1cc2c3c(c1)N(c1ccc(C)cc1)c1c(cc(C)c4c1-c1ccccc1C41C4=CC(C)CC5CC1C45)B3c1ccc(C)cc1N2c1ccc(C)cc1. The molecule has 0 amide bonds. The van der Waals surface area contributed by atoms with Crippen molar-refractivity contribution >= 4 is 69.0 Å². The second-order valence-corrected chi connectivity index (χ2v) is 18.5. The lowest BCUT2D eigenvalue weighted by atomic mass is 9.32. The van der Waals surface area contributed by atoms with E-state index in [-0.39, 0.29) is 12.1 Å². The minimum absolute atomic E-state index is 0.0176. The van der Waals surface area contributed by atoms with E-state index in [2.05, 4.69) is 166 Å². The predicted molar refractivity (Wildman–Crippen MR) is 234 cm³/mol. The third-order valence-corrected chi connectivity index (χ3v) is 15.2. The van der Waals surface area contributed by atoms with E-state index in [9.17, 15) is 0 Å². The molecule has 4 aliphatic carbocycles. The summed E-state index contributed by atoms with van der Waals surface area (Å²) in [6, 6.07) is 42.8. The smallest absolute Gasteiger partial charge is 0.252 e. The van der Waals surface area contributed by atoms with Crippen molar-refractivity contribution in [3.63, 3.8) is 0 Å². The molecular weight excluding hydrogens is 683 g/mol. The van der Waals surface area contributed by atoms with Crippen LogP contribution in [0.25, 0.3) is 11.1 Å². The van der Waals surface area contributed by atoms with Crippen LogP contribution in [0.15, 0.2) is 126 Å². The standard InChI is InChI=1S/C51H45BN2S/c1-28-11-16-34(17-12-28)53-43-23-30(3)15-20-41(43)52-42-24-32(5)48-47(37-9-7-8-10-38(37)51(48)39-22-31(4)21-33-25-40(51)46(33)39)50(42)54(35-18-13-29(2)14-19-35)45-27-36(55-6)26-44(53)49(45)52/h7-20,22-24,26-27,31,33,40,46H,21,25H2,1-6H3. The Kier molecular flexibility index (Phi) is 6.53. The van der Waals surface area contributed by atoms with Gasteiger partial charge in [0.25, 0.3) is 6.71 Å². The monoisotopic (exact) mass is 728 g/mol. The molecule has 1 spiro atoms. The van der Waals surface area contributed by atoms with Crippen LogP contribution in [0.4, 0.5) is 34.1 Å². The summed E-state index contributed by atoms with van der Waals surface area (Å²) in [5.74, 6) is 2.95. The van der Waals surface area contributed by atoms with Gasteiger partial charge >= 0.3 is 0 Å². The number of anilines is 6. The summed E-state index contributed by atoms with van der Waals surface area (Å²) >= 11 is 1.85. The van der Waals surface area contributed by atoms with Gasteiger partial charge in [0.2, 0.25) is 0 Å². The average Bonchev–Trinajstić information content (AvgIpc) is 3.50. The topological polar surface area (TPSA) is 6.48 Å². The van der Waals surface area contributed by atoms with Gasteiger partial charge in [-0.05, 0) is 157 Å². The highest BCUT2D eigenvalue weighted by Gasteiger charge is 2.71. The molecule has 2 heterocycles. The number of thioether (sulfide) groups is 1. The van der Waals surface area contributed by atoms with Crippen LogP contribution in [0.3, 0.4) is 0 Å². The Balaban J connectivity index is 1.22. The summed E-state index contributed by atoms with van der Waals surface area (Å²) in [5.41, 5.74) is 25.0. The average molecular weight is 729 g/mol. The fourth-order valence-electron chi connectivity index (χ4n) is 12.5. The van der Waals surface area contributed by atoms with E-state index in [4.69, 9.17) is 0 Å². The zero-order valence-electron chi connectivity index (χ0n) is 32.6. The van der Waals surface area contributed by atoms with Crippen LogP contribution in [-0.2, 0) is 5.41 Å². The fourth-order valence-corrected chi connectivity index (χ4v) is 12.9. The second-order valence-electron chi connectivity index (χ2n) is 17.6. The van der Waals surface area contributed by atoms with Gasteiger partial charge in [0.1, 0.15) is 0 Å². The van der Waals surface area contributed by atoms with Crippen LogP contribution >= 0.6 is 11.8 Å². The van der Waals surface area contributed by atoms with E-state index in [1.165, 1.54) is 102 Å². The Hall–Kier alpha value is -4.93. The molecule has 2 saturated carbocycles. The molecule has 55 heavy (non-hydrogen) atoms. The lowest BCUT2D eigenvalue weighted by Gasteiger charge is -2.69. The maximum Gasteiger partial charge on any atom is 0.252 e. The Morgan fingerprint density at radius 2 is 1.36 bits per heavy atom. The van der Waals surface area contributed by atoms with E-state index in [0.717, 1.165) is 11.8 Å². The number of benzene rings is 6. The molecule has 2 aliphatic heterocycles. The van der Waals surface area contributed by atoms with Crippen molar-refractivity contribution in [2.75, 3.05) is 16.1 Å². The van der Waals surface area contributed by atoms with Crippen molar-refractivity contribution in [2.45, 2.75) is 57.8 Å². The third kappa shape index (κ3) is 3.99. The van der Waals surface area contributed by atoms with Crippen molar-refractivity contribution in [3.05, 3.63) is 154 Å². The first-order chi connectivity index (χ1) is 26.8. The summed E-state index contributed by atoms with van der Waals surface area (Å²) in [4.78, 5) is 6.52. The van der Waals surface area contributed by atoms with Gasteiger partial charge in [-0.3, -0.25) is 0 Å². The molecule has 2 nitrogen and oxygen atoms in total. The zero-order valence-corrected chi connectivity index (χ0v) is 33.4. The highest BCUT2D eigenvalue weighted by atomic mass is 32.2.